The van der Waals surface area contributed by atoms with Crippen LogP contribution in [0.25, 0.3) is 0 Å². The van der Waals surface area contributed by atoms with E-state index in [0.717, 1.165) is 31.6 Å². The highest BCUT2D eigenvalue weighted by Crippen LogP contribution is 2.23. The number of nitro groups is 1. The Bertz CT molecular complexity index is 806. The Balaban J connectivity index is 1.42. The molecule has 2 aliphatic heterocycles. The zero-order valence-electron chi connectivity index (χ0n) is 15.7. The first-order valence-electron chi connectivity index (χ1n) is 9.56. The molecule has 154 valence electrons. The number of nitro benzene ring substituents is 1. The van der Waals surface area contributed by atoms with E-state index in [1.165, 1.54) is 12.1 Å². The molecule has 0 spiro atoms. The van der Waals surface area contributed by atoms with Crippen molar-refractivity contribution in [2.75, 3.05) is 36.5 Å². The van der Waals surface area contributed by atoms with Gasteiger partial charge >= 0.3 is 0 Å². The number of carbonyl (C=O) groups excluding carboxylic acids is 1. The number of benzene rings is 1. The molecule has 9 nitrogen and oxygen atoms in total. The smallest absolute Gasteiger partial charge is 0.269 e. The van der Waals surface area contributed by atoms with Crippen molar-refractivity contribution in [3.05, 3.63) is 34.4 Å². The monoisotopic (exact) mass is 410 g/mol. The lowest BCUT2D eigenvalue weighted by Crippen LogP contribution is -2.50. The molecular weight excluding hydrogens is 384 g/mol. The number of rotatable bonds is 8. The summed E-state index contributed by atoms with van der Waals surface area (Å²) in [5, 5.41) is 16.7. The molecule has 2 fully saturated rings. The first-order valence-corrected chi connectivity index (χ1v) is 11.4. The quantitative estimate of drug-likeness (QED) is 0.375. The van der Waals surface area contributed by atoms with Gasteiger partial charge in [-0.15, -0.1) is 0 Å². The van der Waals surface area contributed by atoms with E-state index >= 15 is 0 Å². The lowest BCUT2D eigenvalue weighted by atomic mass is 10.1. The van der Waals surface area contributed by atoms with Gasteiger partial charge in [-0.3, -0.25) is 19.8 Å². The van der Waals surface area contributed by atoms with E-state index in [9.17, 15) is 23.3 Å². The maximum absolute atomic E-state index is 12.3. The Morgan fingerprint density at radius 1 is 1.18 bits per heavy atom. The fraction of sp³-hybridized carbons (Fsp3) is 0.611. The summed E-state index contributed by atoms with van der Waals surface area (Å²) >= 11 is 0. The minimum absolute atomic E-state index is 0.0148. The summed E-state index contributed by atoms with van der Waals surface area (Å²) in [6.45, 7) is 2.33. The number of anilines is 1. The molecule has 2 heterocycles. The van der Waals surface area contributed by atoms with Gasteiger partial charge in [-0.2, -0.15) is 0 Å². The molecule has 10 heteroatoms. The van der Waals surface area contributed by atoms with Crippen LogP contribution in [-0.4, -0.2) is 67.4 Å². The van der Waals surface area contributed by atoms with Crippen LogP contribution in [0, 0.1) is 10.1 Å². The van der Waals surface area contributed by atoms with Crippen LogP contribution in [0.5, 0.6) is 0 Å². The Morgan fingerprint density at radius 3 is 2.50 bits per heavy atom. The Labute approximate surface area is 164 Å². The molecule has 1 aromatic rings. The van der Waals surface area contributed by atoms with Crippen molar-refractivity contribution in [1.82, 2.24) is 10.2 Å². The third-order valence-corrected chi connectivity index (χ3v) is 6.98. The zero-order valence-corrected chi connectivity index (χ0v) is 16.5. The van der Waals surface area contributed by atoms with E-state index in [4.69, 9.17) is 0 Å². The number of nitrogens with zero attached hydrogens (tertiary/aromatic N) is 2. The fourth-order valence-corrected chi connectivity index (χ4v) is 5.81. The molecule has 0 bridgehead atoms. The van der Waals surface area contributed by atoms with Crippen LogP contribution in [0.4, 0.5) is 11.4 Å². The summed E-state index contributed by atoms with van der Waals surface area (Å²) in [4.78, 5) is 24.6. The van der Waals surface area contributed by atoms with Crippen molar-refractivity contribution in [1.29, 1.82) is 0 Å². The molecule has 0 saturated carbocycles. The molecule has 1 amide bonds. The molecule has 0 radical (unpaired) electrons. The molecule has 0 aliphatic carbocycles. The van der Waals surface area contributed by atoms with E-state index in [-0.39, 0.29) is 35.2 Å². The number of hydrogen-bond donors (Lipinski definition) is 2. The Kier molecular flexibility index (Phi) is 6.50. The third kappa shape index (κ3) is 5.41. The lowest BCUT2D eigenvalue weighted by molar-refractivity contribution is -0.384. The molecule has 2 unspecified atom stereocenters. The minimum atomic E-state index is -3.12. The average Bonchev–Trinajstić information content (AvgIpc) is 3.26. The van der Waals surface area contributed by atoms with Crippen LogP contribution in [0.15, 0.2) is 24.3 Å². The van der Waals surface area contributed by atoms with E-state index in [1.54, 1.807) is 12.1 Å². The predicted molar refractivity (Wildman–Crippen MR) is 106 cm³/mol. The summed E-state index contributed by atoms with van der Waals surface area (Å²) in [7, 11) is -3.12. The molecule has 2 N–H and O–H groups in total. The second kappa shape index (κ2) is 8.87. The van der Waals surface area contributed by atoms with Crippen LogP contribution in [0.3, 0.4) is 0 Å². The highest BCUT2D eigenvalue weighted by molar-refractivity contribution is 7.91. The predicted octanol–water partition coefficient (Wildman–Crippen LogP) is 1.16. The molecule has 3 rings (SSSR count). The van der Waals surface area contributed by atoms with Gasteiger partial charge in [0, 0.05) is 36.8 Å². The fourth-order valence-electron chi connectivity index (χ4n) is 3.86. The standard InChI is InChI=1S/C18H26N4O5S/c23-18(4-3-9-19-14-5-7-15(8-6-14)22(24)25)20-16-12-28(26,27)13-17(16)21-10-1-2-11-21/h5-8,16-17,19H,1-4,9-13H2,(H,20,23). The summed E-state index contributed by atoms with van der Waals surface area (Å²) < 4.78 is 24.1. The van der Waals surface area contributed by atoms with Gasteiger partial charge in [0.25, 0.3) is 5.69 Å². The minimum Gasteiger partial charge on any atom is -0.385 e. The number of likely N-dealkylation sites (tertiary alicyclic amines) is 1. The van der Waals surface area contributed by atoms with Gasteiger partial charge in [0.15, 0.2) is 9.84 Å². The Morgan fingerprint density at radius 2 is 1.86 bits per heavy atom. The van der Waals surface area contributed by atoms with Crippen molar-refractivity contribution >= 4 is 27.1 Å². The highest BCUT2D eigenvalue weighted by atomic mass is 32.2. The number of carbonyl (C=O) groups is 1. The van der Waals surface area contributed by atoms with Crippen LogP contribution in [0.2, 0.25) is 0 Å². The first kappa shape index (κ1) is 20.5. The largest absolute Gasteiger partial charge is 0.385 e. The van der Waals surface area contributed by atoms with E-state index in [0.29, 0.717) is 19.4 Å². The van der Waals surface area contributed by atoms with E-state index in [2.05, 4.69) is 15.5 Å². The van der Waals surface area contributed by atoms with Gasteiger partial charge in [0.1, 0.15) is 0 Å². The van der Waals surface area contributed by atoms with Crippen LogP contribution >= 0.6 is 0 Å². The second-order valence-corrected chi connectivity index (χ2v) is 9.55. The van der Waals surface area contributed by atoms with Crippen molar-refractivity contribution in [3.63, 3.8) is 0 Å². The van der Waals surface area contributed by atoms with Crippen molar-refractivity contribution in [3.8, 4) is 0 Å². The van der Waals surface area contributed by atoms with Crippen molar-refractivity contribution < 1.29 is 18.1 Å². The van der Waals surface area contributed by atoms with Crippen LogP contribution in [0.1, 0.15) is 25.7 Å². The maximum Gasteiger partial charge on any atom is 0.269 e. The topological polar surface area (TPSA) is 122 Å². The zero-order chi connectivity index (χ0) is 20.1. The van der Waals surface area contributed by atoms with Crippen LogP contribution < -0.4 is 10.6 Å². The Hall–Kier alpha value is -2.20. The molecule has 28 heavy (non-hydrogen) atoms. The maximum atomic E-state index is 12.3. The third-order valence-electron chi connectivity index (χ3n) is 5.27. The summed E-state index contributed by atoms with van der Waals surface area (Å²) in [5.74, 6) is -0.00237. The van der Waals surface area contributed by atoms with Gasteiger partial charge in [-0.25, -0.2) is 8.42 Å². The average molecular weight is 410 g/mol. The second-order valence-electron chi connectivity index (χ2n) is 7.40. The van der Waals surface area contributed by atoms with Crippen molar-refractivity contribution in [2.45, 2.75) is 37.8 Å². The van der Waals surface area contributed by atoms with Gasteiger partial charge < -0.3 is 10.6 Å². The number of amides is 1. The van der Waals surface area contributed by atoms with Gasteiger partial charge in [0.05, 0.1) is 22.5 Å². The molecular formula is C18H26N4O5S. The van der Waals surface area contributed by atoms with Gasteiger partial charge in [0.2, 0.25) is 5.91 Å². The SMILES string of the molecule is O=C(CCCNc1ccc([N+](=O)[O-])cc1)NC1CS(=O)(=O)CC1N1CCCC1. The lowest BCUT2D eigenvalue weighted by Gasteiger charge is -2.28. The summed E-state index contributed by atoms with van der Waals surface area (Å²) in [6, 6.07) is 5.65. The number of non-ortho nitro benzene ring substituents is 1. The normalized spacial score (nSPS) is 24.1. The van der Waals surface area contributed by atoms with Gasteiger partial charge in [-0.1, -0.05) is 0 Å². The number of sulfone groups is 1. The van der Waals surface area contributed by atoms with Crippen LogP contribution in [-0.2, 0) is 14.6 Å². The van der Waals surface area contributed by atoms with Crippen molar-refractivity contribution in [2.24, 2.45) is 0 Å². The summed E-state index contributed by atoms with van der Waals surface area (Å²) in [5.41, 5.74) is 0.783. The van der Waals surface area contributed by atoms with Gasteiger partial charge in [-0.05, 0) is 44.5 Å². The van der Waals surface area contributed by atoms with E-state index in [1.807, 2.05) is 0 Å². The number of hydrogen-bond acceptors (Lipinski definition) is 7. The molecule has 0 aromatic heterocycles. The highest BCUT2D eigenvalue weighted by Gasteiger charge is 2.42. The number of nitrogens with one attached hydrogen (secondary N) is 2. The summed E-state index contributed by atoms with van der Waals surface area (Å²) in [6.07, 6.45) is 3.02. The molecule has 2 saturated heterocycles. The van der Waals surface area contributed by atoms with E-state index < -0.39 is 14.8 Å². The molecule has 2 atom stereocenters. The first-order chi connectivity index (χ1) is 13.3. The molecule has 1 aromatic carbocycles. The molecule has 2 aliphatic rings.